The van der Waals surface area contributed by atoms with Crippen LogP contribution in [0, 0.1) is 6.92 Å². The SMILES string of the molecule is Cc1nnc(SCCn2c(N3CCc4ccccc4C3)nc3c2c(=O)n(C)c(=O)n3C)s1. The Morgan fingerprint density at radius 1 is 1.09 bits per heavy atom. The van der Waals surface area contributed by atoms with E-state index in [9.17, 15) is 9.59 Å². The molecule has 1 aliphatic rings. The molecule has 0 N–H and O–H groups in total. The largest absolute Gasteiger partial charge is 0.338 e. The summed E-state index contributed by atoms with van der Waals surface area (Å²) in [4.78, 5) is 32.6. The van der Waals surface area contributed by atoms with Crippen LogP contribution in [0.15, 0.2) is 38.2 Å². The molecule has 11 heteroatoms. The highest BCUT2D eigenvalue weighted by Crippen LogP contribution is 2.28. The van der Waals surface area contributed by atoms with Crippen molar-refractivity contribution in [3.05, 3.63) is 61.2 Å². The maximum Gasteiger partial charge on any atom is 0.332 e. The van der Waals surface area contributed by atoms with E-state index in [4.69, 9.17) is 4.98 Å². The summed E-state index contributed by atoms with van der Waals surface area (Å²) in [5.74, 6) is 1.44. The summed E-state index contributed by atoms with van der Waals surface area (Å²) < 4.78 is 5.47. The molecular formula is C21H23N7O2S2. The predicted octanol–water partition coefficient (Wildman–Crippen LogP) is 1.95. The number of nitrogens with zero attached hydrogens (tertiary/aromatic N) is 7. The van der Waals surface area contributed by atoms with Crippen LogP contribution in [-0.2, 0) is 33.6 Å². The van der Waals surface area contributed by atoms with E-state index in [0.29, 0.717) is 23.5 Å². The molecule has 0 atom stereocenters. The molecule has 0 saturated heterocycles. The monoisotopic (exact) mass is 469 g/mol. The van der Waals surface area contributed by atoms with E-state index in [0.717, 1.165) is 39.4 Å². The van der Waals surface area contributed by atoms with Gasteiger partial charge in [0, 0.05) is 39.5 Å². The third-order valence-corrected chi connectivity index (χ3v) is 7.74. The number of benzene rings is 1. The summed E-state index contributed by atoms with van der Waals surface area (Å²) in [6.45, 7) is 4.02. The van der Waals surface area contributed by atoms with Gasteiger partial charge in [0.25, 0.3) is 5.56 Å². The van der Waals surface area contributed by atoms with Crippen LogP contribution < -0.4 is 16.1 Å². The first kappa shape index (κ1) is 21.0. The highest BCUT2D eigenvalue weighted by Gasteiger charge is 2.25. The first-order valence-electron chi connectivity index (χ1n) is 10.3. The zero-order chi connectivity index (χ0) is 22.4. The Morgan fingerprint density at radius 3 is 2.62 bits per heavy atom. The summed E-state index contributed by atoms with van der Waals surface area (Å²) >= 11 is 3.17. The molecule has 1 aliphatic heterocycles. The van der Waals surface area contributed by atoms with Gasteiger partial charge in [-0.15, -0.1) is 10.2 Å². The van der Waals surface area contributed by atoms with E-state index >= 15 is 0 Å². The molecule has 9 nitrogen and oxygen atoms in total. The lowest BCUT2D eigenvalue weighted by Crippen LogP contribution is -2.37. The number of fused-ring (bicyclic) bond motifs is 2. The maximum atomic E-state index is 13.1. The number of aromatic nitrogens is 6. The minimum atomic E-state index is -0.374. The van der Waals surface area contributed by atoms with Crippen LogP contribution in [-0.4, -0.2) is 41.2 Å². The van der Waals surface area contributed by atoms with Crippen LogP contribution in [0.4, 0.5) is 5.95 Å². The third-order valence-electron chi connectivity index (χ3n) is 5.79. The minimum Gasteiger partial charge on any atom is -0.338 e. The topological polar surface area (TPSA) is 90.8 Å². The number of hydrogen-bond donors (Lipinski definition) is 0. The quantitative estimate of drug-likeness (QED) is 0.413. The van der Waals surface area contributed by atoms with Crippen molar-refractivity contribution in [2.45, 2.75) is 30.8 Å². The smallest absolute Gasteiger partial charge is 0.332 e. The molecule has 4 heterocycles. The van der Waals surface area contributed by atoms with Gasteiger partial charge in [-0.1, -0.05) is 47.4 Å². The first-order chi connectivity index (χ1) is 15.4. The van der Waals surface area contributed by atoms with Gasteiger partial charge in [-0.2, -0.15) is 4.98 Å². The van der Waals surface area contributed by atoms with Gasteiger partial charge in [0.05, 0.1) is 0 Å². The van der Waals surface area contributed by atoms with Crippen LogP contribution >= 0.6 is 23.1 Å². The molecule has 5 rings (SSSR count). The van der Waals surface area contributed by atoms with Gasteiger partial charge in [0.1, 0.15) is 5.01 Å². The van der Waals surface area contributed by atoms with Gasteiger partial charge in [-0.05, 0) is 24.5 Å². The Kier molecular flexibility index (Phi) is 5.38. The Hall–Kier alpha value is -2.92. The summed E-state index contributed by atoms with van der Waals surface area (Å²) in [6.07, 6.45) is 0.912. The zero-order valence-corrected chi connectivity index (χ0v) is 19.7. The summed E-state index contributed by atoms with van der Waals surface area (Å²) in [7, 11) is 3.17. The first-order valence-corrected chi connectivity index (χ1v) is 12.1. The predicted molar refractivity (Wildman–Crippen MR) is 127 cm³/mol. The van der Waals surface area contributed by atoms with Crippen molar-refractivity contribution in [1.29, 1.82) is 0 Å². The van der Waals surface area contributed by atoms with Crippen molar-refractivity contribution in [2.24, 2.45) is 14.1 Å². The van der Waals surface area contributed by atoms with Crippen molar-refractivity contribution in [1.82, 2.24) is 28.9 Å². The van der Waals surface area contributed by atoms with E-state index in [1.165, 1.54) is 22.7 Å². The summed E-state index contributed by atoms with van der Waals surface area (Å²) in [5.41, 5.74) is 2.79. The maximum absolute atomic E-state index is 13.1. The average Bonchev–Trinajstić information content (AvgIpc) is 3.39. The van der Waals surface area contributed by atoms with Crippen LogP contribution in [0.1, 0.15) is 16.1 Å². The van der Waals surface area contributed by atoms with Crippen molar-refractivity contribution in [3.63, 3.8) is 0 Å². The van der Waals surface area contributed by atoms with Gasteiger partial charge in [0.15, 0.2) is 15.5 Å². The van der Waals surface area contributed by atoms with Crippen molar-refractivity contribution < 1.29 is 0 Å². The van der Waals surface area contributed by atoms with E-state index in [1.807, 2.05) is 17.6 Å². The highest BCUT2D eigenvalue weighted by molar-refractivity contribution is 8.01. The van der Waals surface area contributed by atoms with Crippen LogP contribution in [0.2, 0.25) is 0 Å². The molecule has 32 heavy (non-hydrogen) atoms. The minimum absolute atomic E-state index is 0.323. The molecule has 0 aliphatic carbocycles. The standard InChI is InChI=1S/C21H23N7O2S2/c1-13-23-24-20(32-13)31-11-10-28-16-17(25(2)21(30)26(3)18(16)29)22-19(28)27-9-8-14-6-4-5-7-15(14)12-27/h4-7H,8-12H2,1-3H3. The van der Waals surface area contributed by atoms with Gasteiger partial charge in [-0.25, -0.2) is 4.79 Å². The zero-order valence-electron chi connectivity index (χ0n) is 18.1. The molecular weight excluding hydrogens is 446 g/mol. The fourth-order valence-electron chi connectivity index (χ4n) is 4.12. The van der Waals surface area contributed by atoms with Gasteiger partial charge < -0.3 is 9.47 Å². The van der Waals surface area contributed by atoms with Crippen LogP contribution in [0.5, 0.6) is 0 Å². The average molecular weight is 470 g/mol. The summed E-state index contributed by atoms with van der Waals surface area (Å²) in [5, 5.41) is 9.17. The molecule has 4 aromatic rings. The number of imidazole rings is 1. The molecule has 1 aromatic carbocycles. The fraction of sp³-hybridized carbons (Fsp3) is 0.381. The number of rotatable bonds is 5. The fourth-order valence-corrected chi connectivity index (χ4v) is 5.93. The molecule has 166 valence electrons. The van der Waals surface area contributed by atoms with Crippen LogP contribution in [0.25, 0.3) is 11.2 Å². The molecule has 0 amide bonds. The lowest BCUT2D eigenvalue weighted by molar-refractivity contribution is 0.668. The van der Waals surface area contributed by atoms with Crippen LogP contribution in [0.3, 0.4) is 0 Å². The molecule has 3 aromatic heterocycles. The van der Waals surface area contributed by atoms with Crippen molar-refractivity contribution in [2.75, 3.05) is 17.2 Å². The molecule has 0 unspecified atom stereocenters. The number of anilines is 1. The van der Waals surface area contributed by atoms with Gasteiger partial charge in [-0.3, -0.25) is 13.9 Å². The Labute approximate surface area is 192 Å². The van der Waals surface area contributed by atoms with Gasteiger partial charge >= 0.3 is 5.69 Å². The molecule has 0 bridgehead atoms. The highest BCUT2D eigenvalue weighted by atomic mass is 32.2. The van der Waals surface area contributed by atoms with E-state index in [-0.39, 0.29) is 11.2 Å². The third kappa shape index (κ3) is 3.55. The van der Waals surface area contributed by atoms with Gasteiger partial charge in [0.2, 0.25) is 5.95 Å². The number of thioether (sulfide) groups is 1. The second-order valence-corrected chi connectivity index (χ2v) is 10.3. The van der Waals surface area contributed by atoms with E-state index in [1.54, 1.807) is 30.1 Å². The molecule has 0 fully saturated rings. The Morgan fingerprint density at radius 2 is 1.88 bits per heavy atom. The second kappa shape index (κ2) is 8.21. The normalized spacial score (nSPS) is 13.7. The van der Waals surface area contributed by atoms with Crippen molar-refractivity contribution >= 4 is 40.2 Å². The lowest BCUT2D eigenvalue weighted by Gasteiger charge is -2.30. The molecule has 0 spiro atoms. The van der Waals surface area contributed by atoms with E-state index in [2.05, 4.69) is 33.3 Å². The molecule has 0 radical (unpaired) electrons. The van der Waals surface area contributed by atoms with Crippen molar-refractivity contribution in [3.8, 4) is 0 Å². The number of hydrogen-bond acceptors (Lipinski definition) is 8. The number of aryl methyl sites for hydroxylation is 3. The lowest BCUT2D eigenvalue weighted by atomic mass is 10.0. The summed E-state index contributed by atoms with van der Waals surface area (Å²) in [6, 6.07) is 8.41. The Balaban J connectivity index is 1.57. The Bertz CT molecular complexity index is 1430. The molecule has 0 saturated carbocycles. The van der Waals surface area contributed by atoms with E-state index < -0.39 is 0 Å². The second-order valence-electron chi connectivity index (χ2n) is 7.82.